The van der Waals surface area contributed by atoms with E-state index < -0.39 is 23.6 Å². The predicted molar refractivity (Wildman–Crippen MR) is 99.8 cm³/mol. The van der Waals surface area contributed by atoms with E-state index in [0.717, 1.165) is 37.8 Å². The lowest BCUT2D eigenvalue weighted by atomic mass is 9.94. The first-order valence-corrected chi connectivity index (χ1v) is 9.63. The summed E-state index contributed by atoms with van der Waals surface area (Å²) >= 11 is 6.07. The third-order valence-electron chi connectivity index (χ3n) is 5.58. The molecule has 1 atom stereocenters. The lowest BCUT2D eigenvalue weighted by Crippen LogP contribution is -2.15. The van der Waals surface area contributed by atoms with Crippen molar-refractivity contribution < 1.29 is 18.0 Å². The van der Waals surface area contributed by atoms with Gasteiger partial charge in [0.1, 0.15) is 5.92 Å². The second kappa shape index (κ2) is 6.41. The average Bonchev–Trinajstić information content (AvgIpc) is 3.37. The highest BCUT2D eigenvalue weighted by molar-refractivity contribution is 6.28. The summed E-state index contributed by atoms with van der Waals surface area (Å²) < 4.78 is 41.4. The quantitative estimate of drug-likeness (QED) is 0.609. The molecule has 1 unspecified atom stereocenters. The van der Waals surface area contributed by atoms with Crippen LogP contribution in [0.25, 0.3) is 11.0 Å². The lowest BCUT2D eigenvalue weighted by Gasteiger charge is -2.12. The average molecular weight is 422 g/mol. The molecule has 3 aromatic rings. The highest BCUT2D eigenvalue weighted by atomic mass is 35.5. The van der Waals surface area contributed by atoms with Gasteiger partial charge in [-0.05, 0) is 48.2 Å². The van der Waals surface area contributed by atoms with E-state index in [-0.39, 0.29) is 22.6 Å². The fourth-order valence-electron chi connectivity index (χ4n) is 4.20. The zero-order chi connectivity index (χ0) is 20.3. The van der Waals surface area contributed by atoms with Crippen LogP contribution in [0.5, 0.6) is 0 Å². The Hall–Kier alpha value is -2.68. The van der Waals surface area contributed by atoms with Gasteiger partial charge in [-0.15, -0.1) is 0 Å². The van der Waals surface area contributed by atoms with E-state index in [0.29, 0.717) is 16.7 Å². The van der Waals surface area contributed by atoms with Crippen LogP contribution >= 0.6 is 11.6 Å². The van der Waals surface area contributed by atoms with Crippen molar-refractivity contribution in [1.29, 1.82) is 0 Å². The summed E-state index contributed by atoms with van der Waals surface area (Å²) in [5.41, 5.74) is 0.323. The lowest BCUT2D eigenvalue weighted by molar-refractivity contribution is -0.137. The summed E-state index contributed by atoms with van der Waals surface area (Å²) in [6.07, 6.45) is 1.46. The van der Waals surface area contributed by atoms with Crippen molar-refractivity contribution >= 4 is 34.2 Å². The monoisotopic (exact) mass is 421 g/mol. The molecule has 1 N–H and O–H groups in total. The maximum absolute atomic E-state index is 13.2. The number of alkyl halides is 3. The number of hydrogen-bond donors (Lipinski definition) is 1. The second-order valence-corrected chi connectivity index (χ2v) is 7.72. The Balaban J connectivity index is 1.67. The molecule has 1 aliphatic carbocycles. The van der Waals surface area contributed by atoms with Gasteiger partial charge in [-0.2, -0.15) is 23.3 Å². The second-order valence-electron chi connectivity index (χ2n) is 7.38. The molecule has 10 heteroatoms. The van der Waals surface area contributed by atoms with E-state index >= 15 is 0 Å². The summed E-state index contributed by atoms with van der Waals surface area (Å²) in [5.74, 6) is -1.47. The molecule has 1 fully saturated rings. The van der Waals surface area contributed by atoms with Crippen molar-refractivity contribution in [2.75, 3.05) is 5.32 Å². The van der Waals surface area contributed by atoms with Gasteiger partial charge in [0.05, 0.1) is 22.7 Å². The molecular weight excluding hydrogens is 407 g/mol. The smallest absolute Gasteiger partial charge is 0.325 e. The number of carbonyl (C=O) groups is 1. The largest absolute Gasteiger partial charge is 0.416 e. The van der Waals surface area contributed by atoms with Gasteiger partial charge in [0.2, 0.25) is 11.2 Å². The minimum absolute atomic E-state index is 0.0996. The van der Waals surface area contributed by atoms with Crippen LogP contribution in [-0.2, 0) is 11.0 Å². The molecule has 5 rings (SSSR count). The zero-order valence-electron chi connectivity index (χ0n) is 15.0. The molecule has 2 aliphatic rings. The van der Waals surface area contributed by atoms with E-state index in [2.05, 4.69) is 20.4 Å². The highest BCUT2D eigenvalue weighted by Crippen LogP contribution is 2.42. The van der Waals surface area contributed by atoms with Crippen molar-refractivity contribution in [3.63, 3.8) is 0 Å². The Morgan fingerprint density at radius 1 is 1.17 bits per heavy atom. The van der Waals surface area contributed by atoms with Gasteiger partial charge in [0.25, 0.3) is 0 Å². The van der Waals surface area contributed by atoms with Crippen LogP contribution in [0.1, 0.15) is 54.5 Å². The van der Waals surface area contributed by atoms with Gasteiger partial charge >= 0.3 is 6.18 Å². The SMILES string of the molecule is O=C1Nc2ccc(C(F)(F)F)cc2C1c1nc(Cl)nc2nn(C3CCCC3)cc12. The zero-order valence-corrected chi connectivity index (χ0v) is 15.8. The van der Waals surface area contributed by atoms with Gasteiger partial charge in [0, 0.05) is 11.9 Å². The molecule has 0 bridgehead atoms. The number of anilines is 1. The van der Waals surface area contributed by atoms with Crippen LogP contribution < -0.4 is 5.32 Å². The Morgan fingerprint density at radius 2 is 1.93 bits per heavy atom. The van der Waals surface area contributed by atoms with Crippen molar-refractivity contribution in [3.05, 3.63) is 46.5 Å². The van der Waals surface area contributed by atoms with Gasteiger partial charge in [-0.3, -0.25) is 9.48 Å². The number of rotatable bonds is 2. The number of nitrogens with one attached hydrogen (secondary N) is 1. The topological polar surface area (TPSA) is 72.7 Å². The van der Waals surface area contributed by atoms with Crippen LogP contribution in [0.4, 0.5) is 18.9 Å². The maximum Gasteiger partial charge on any atom is 0.416 e. The summed E-state index contributed by atoms with van der Waals surface area (Å²) in [5, 5.41) is 7.55. The minimum atomic E-state index is -4.52. The number of halogens is 4. The third kappa shape index (κ3) is 3.04. The van der Waals surface area contributed by atoms with E-state index in [1.165, 1.54) is 6.07 Å². The van der Waals surface area contributed by atoms with E-state index in [1.807, 2.05) is 4.68 Å². The van der Waals surface area contributed by atoms with Gasteiger partial charge in [-0.1, -0.05) is 12.8 Å². The van der Waals surface area contributed by atoms with Crippen LogP contribution in [0.15, 0.2) is 24.4 Å². The molecule has 0 radical (unpaired) electrons. The molecular formula is C19H15ClF3N5O. The number of nitrogens with zero attached hydrogens (tertiary/aromatic N) is 4. The fraction of sp³-hybridized carbons (Fsp3) is 0.368. The molecule has 150 valence electrons. The number of aromatic nitrogens is 4. The molecule has 6 nitrogen and oxygen atoms in total. The third-order valence-corrected chi connectivity index (χ3v) is 5.75. The number of amides is 1. The number of fused-ring (bicyclic) bond motifs is 2. The van der Waals surface area contributed by atoms with Crippen molar-refractivity contribution in [2.45, 2.75) is 43.8 Å². The normalized spacial score (nSPS) is 19.7. The first-order valence-electron chi connectivity index (χ1n) is 9.25. The van der Waals surface area contributed by atoms with Crippen molar-refractivity contribution in [1.82, 2.24) is 19.7 Å². The summed E-state index contributed by atoms with van der Waals surface area (Å²) in [4.78, 5) is 21.1. The number of hydrogen-bond acceptors (Lipinski definition) is 4. The van der Waals surface area contributed by atoms with Crippen LogP contribution in [0.3, 0.4) is 0 Å². The van der Waals surface area contributed by atoms with Gasteiger partial charge in [0.15, 0.2) is 5.65 Å². The Morgan fingerprint density at radius 3 is 2.66 bits per heavy atom. The minimum Gasteiger partial charge on any atom is -0.325 e. The molecule has 2 aromatic heterocycles. The highest BCUT2D eigenvalue weighted by Gasteiger charge is 2.39. The number of carbonyl (C=O) groups excluding carboxylic acids is 1. The predicted octanol–water partition coefficient (Wildman–Crippen LogP) is 4.70. The first kappa shape index (κ1) is 18.4. The molecule has 0 spiro atoms. The van der Waals surface area contributed by atoms with Gasteiger partial charge in [-0.25, -0.2) is 4.98 Å². The maximum atomic E-state index is 13.2. The molecule has 1 aromatic carbocycles. The first-order chi connectivity index (χ1) is 13.8. The van der Waals surface area contributed by atoms with Gasteiger partial charge < -0.3 is 5.32 Å². The van der Waals surface area contributed by atoms with E-state index in [4.69, 9.17) is 11.6 Å². The standard InChI is InChI=1S/C19H15ClF3N5O/c20-18-25-15(12-8-28(27-16(12)26-18)10-3-1-2-4-10)14-11-7-9(19(21,22)23)5-6-13(11)24-17(14)29/h5-8,10,14H,1-4H2,(H,24,29). The van der Waals surface area contributed by atoms with Crippen molar-refractivity contribution in [2.24, 2.45) is 0 Å². The molecule has 1 aliphatic heterocycles. The van der Waals surface area contributed by atoms with Crippen molar-refractivity contribution in [3.8, 4) is 0 Å². The van der Waals surface area contributed by atoms with Crippen LogP contribution in [-0.4, -0.2) is 25.7 Å². The molecule has 1 saturated carbocycles. The molecule has 1 amide bonds. The molecule has 3 heterocycles. The fourth-order valence-corrected chi connectivity index (χ4v) is 4.37. The van der Waals surface area contributed by atoms with Crippen LogP contribution in [0, 0.1) is 0 Å². The summed E-state index contributed by atoms with van der Waals surface area (Å²) in [6, 6.07) is 3.43. The molecule has 29 heavy (non-hydrogen) atoms. The summed E-state index contributed by atoms with van der Waals surface area (Å²) in [6.45, 7) is 0. The summed E-state index contributed by atoms with van der Waals surface area (Å²) in [7, 11) is 0. The Kier molecular flexibility index (Phi) is 4.06. The van der Waals surface area contributed by atoms with Crippen LogP contribution in [0.2, 0.25) is 5.28 Å². The van der Waals surface area contributed by atoms with E-state index in [9.17, 15) is 18.0 Å². The Labute approximate surface area is 168 Å². The number of benzene rings is 1. The Bertz CT molecular complexity index is 1140. The van der Waals surface area contributed by atoms with E-state index in [1.54, 1.807) is 6.20 Å². The molecule has 0 saturated heterocycles.